The van der Waals surface area contributed by atoms with E-state index in [0.29, 0.717) is 5.56 Å². The predicted molar refractivity (Wildman–Crippen MR) is 85.4 cm³/mol. The van der Waals surface area contributed by atoms with Crippen molar-refractivity contribution in [1.29, 1.82) is 0 Å². The molecule has 3 rings (SSSR count). The fourth-order valence-electron chi connectivity index (χ4n) is 2.23. The lowest BCUT2D eigenvalue weighted by Crippen LogP contribution is -2.26. The van der Waals surface area contributed by atoms with Crippen molar-refractivity contribution < 1.29 is 18.7 Å². The number of aromatic nitrogens is 1. The first-order valence-electron chi connectivity index (χ1n) is 7.70. The number of ether oxygens (including phenoxy) is 1. The number of H-pyrrole nitrogens is 1. The monoisotopic (exact) mass is 331 g/mol. The van der Waals surface area contributed by atoms with Crippen LogP contribution in [0, 0.1) is 5.82 Å². The van der Waals surface area contributed by atoms with E-state index in [9.17, 15) is 14.0 Å². The van der Waals surface area contributed by atoms with Crippen molar-refractivity contribution in [3.05, 3.63) is 53.1 Å². The molecule has 1 aromatic heterocycles. The van der Waals surface area contributed by atoms with Gasteiger partial charge in [-0.15, -0.1) is 0 Å². The number of nitrogens with one attached hydrogen (secondary N) is 3. The SMILES string of the molecule is CNC(=O)c1[nH]c(C(=O)NC2CC2)cc1OCc1ccccc1F. The Balaban J connectivity index is 1.79. The number of carbonyl (C=O) groups is 2. The number of hydrogen-bond donors (Lipinski definition) is 3. The van der Waals surface area contributed by atoms with E-state index >= 15 is 0 Å². The molecule has 6 nitrogen and oxygen atoms in total. The van der Waals surface area contributed by atoms with Gasteiger partial charge >= 0.3 is 0 Å². The van der Waals surface area contributed by atoms with Gasteiger partial charge in [-0.3, -0.25) is 9.59 Å². The largest absolute Gasteiger partial charge is 0.486 e. The number of halogens is 1. The quantitative estimate of drug-likeness (QED) is 0.757. The average molecular weight is 331 g/mol. The average Bonchev–Trinajstić information content (AvgIpc) is 3.29. The molecule has 3 N–H and O–H groups in total. The molecule has 0 aliphatic heterocycles. The summed E-state index contributed by atoms with van der Waals surface area (Å²) >= 11 is 0. The fourth-order valence-corrected chi connectivity index (χ4v) is 2.23. The van der Waals surface area contributed by atoms with Gasteiger partial charge in [0.15, 0.2) is 5.75 Å². The first-order valence-corrected chi connectivity index (χ1v) is 7.70. The Labute approximate surface area is 138 Å². The predicted octanol–water partition coefficient (Wildman–Crippen LogP) is 1.98. The van der Waals surface area contributed by atoms with Crippen LogP contribution in [-0.4, -0.2) is 29.9 Å². The maximum Gasteiger partial charge on any atom is 0.271 e. The number of benzene rings is 1. The zero-order chi connectivity index (χ0) is 17.1. The lowest BCUT2D eigenvalue weighted by atomic mass is 10.2. The summed E-state index contributed by atoms with van der Waals surface area (Å²) in [6, 6.07) is 7.89. The smallest absolute Gasteiger partial charge is 0.271 e. The van der Waals surface area contributed by atoms with Crippen molar-refractivity contribution in [3.63, 3.8) is 0 Å². The van der Waals surface area contributed by atoms with Crippen LogP contribution in [0.4, 0.5) is 4.39 Å². The lowest BCUT2D eigenvalue weighted by Gasteiger charge is -2.07. The van der Waals surface area contributed by atoms with Crippen molar-refractivity contribution in [2.24, 2.45) is 0 Å². The second-order valence-electron chi connectivity index (χ2n) is 5.63. The maximum atomic E-state index is 13.7. The molecule has 2 amide bonds. The van der Waals surface area contributed by atoms with Gasteiger partial charge in [-0.25, -0.2) is 4.39 Å². The Kier molecular flexibility index (Phi) is 4.50. The van der Waals surface area contributed by atoms with Crippen molar-refractivity contribution in [2.75, 3.05) is 7.05 Å². The second kappa shape index (κ2) is 6.74. The topological polar surface area (TPSA) is 83.2 Å². The minimum absolute atomic E-state index is 0.0434. The van der Waals surface area contributed by atoms with Crippen LogP contribution in [0.15, 0.2) is 30.3 Å². The summed E-state index contributed by atoms with van der Waals surface area (Å²) in [6.45, 7) is -0.0434. The maximum absolute atomic E-state index is 13.7. The molecular formula is C17H18FN3O3. The highest BCUT2D eigenvalue weighted by molar-refractivity contribution is 5.99. The molecule has 126 valence electrons. The Bertz CT molecular complexity index is 768. The molecule has 24 heavy (non-hydrogen) atoms. The van der Waals surface area contributed by atoms with E-state index in [1.807, 2.05) is 0 Å². The molecule has 0 spiro atoms. The summed E-state index contributed by atoms with van der Waals surface area (Å²) in [7, 11) is 1.48. The highest BCUT2D eigenvalue weighted by Crippen LogP contribution is 2.24. The highest BCUT2D eigenvalue weighted by Gasteiger charge is 2.26. The van der Waals surface area contributed by atoms with E-state index in [1.165, 1.54) is 19.2 Å². The summed E-state index contributed by atoms with van der Waals surface area (Å²) in [5.74, 6) is -0.882. The molecule has 1 heterocycles. The van der Waals surface area contributed by atoms with Crippen LogP contribution in [0.1, 0.15) is 39.4 Å². The van der Waals surface area contributed by atoms with Gasteiger partial charge in [0.25, 0.3) is 11.8 Å². The number of amides is 2. The third-order valence-electron chi connectivity index (χ3n) is 3.73. The van der Waals surface area contributed by atoms with E-state index in [1.54, 1.807) is 18.2 Å². The number of carbonyl (C=O) groups excluding carboxylic acids is 2. The van der Waals surface area contributed by atoms with E-state index in [0.717, 1.165) is 12.8 Å². The normalized spacial score (nSPS) is 13.4. The molecule has 1 aliphatic rings. The van der Waals surface area contributed by atoms with Gasteiger partial charge in [-0.05, 0) is 18.9 Å². The van der Waals surface area contributed by atoms with Crippen LogP contribution in [0.25, 0.3) is 0 Å². The van der Waals surface area contributed by atoms with Crippen LogP contribution in [0.5, 0.6) is 5.75 Å². The van der Waals surface area contributed by atoms with Crippen molar-refractivity contribution in [1.82, 2.24) is 15.6 Å². The Morgan fingerprint density at radius 1 is 1.29 bits per heavy atom. The van der Waals surface area contributed by atoms with Crippen LogP contribution in [0.3, 0.4) is 0 Å². The van der Waals surface area contributed by atoms with E-state index in [-0.39, 0.29) is 41.5 Å². The molecular weight excluding hydrogens is 313 g/mol. The summed E-state index contributed by atoms with van der Waals surface area (Å²) < 4.78 is 19.2. The van der Waals surface area contributed by atoms with Crippen LogP contribution < -0.4 is 15.4 Å². The minimum Gasteiger partial charge on any atom is -0.486 e. The van der Waals surface area contributed by atoms with Gasteiger partial charge in [0.05, 0.1) is 0 Å². The standard InChI is InChI=1S/C17H18FN3O3/c1-19-17(23)15-14(24-9-10-4-2-3-5-12(10)18)8-13(21-15)16(22)20-11-6-7-11/h2-5,8,11,21H,6-7,9H2,1H3,(H,19,23)(H,20,22). The van der Waals surface area contributed by atoms with Crippen molar-refractivity contribution >= 4 is 11.8 Å². The third kappa shape index (κ3) is 3.56. The third-order valence-corrected chi connectivity index (χ3v) is 3.73. The Hall–Kier alpha value is -2.83. The van der Waals surface area contributed by atoms with Gasteiger partial charge in [-0.1, -0.05) is 18.2 Å². The number of hydrogen-bond acceptors (Lipinski definition) is 3. The molecule has 2 aromatic rings. The van der Waals surface area contributed by atoms with Crippen LogP contribution in [0.2, 0.25) is 0 Å². The van der Waals surface area contributed by atoms with Gasteiger partial charge in [0.2, 0.25) is 0 Å². The molecule has 1 aliphatic carbocycles. The van der Waals surface area contributed by atoms with E-state index in [2.05, 4.69) is 15.6 Å². The molecule has 0 bridgehead atoms. The summed E-state index contributed by atoms with van der Waals surface area (Å²) in [4.78, 5) is 26.8. The van der Waals surface area contributed by atoms with Gasteiger partial charge in [-0.2, -0.15) is 0 Å². The number of rotatable bonds is 6. The first-order chi connectivity index (χ1) is 11.6. The first kappa shape index (κ1) is 16.0. The van der Waals surface area contributed by atoms with Crippen LogP contribution in [-0.2, 0) is 6.61 Å². The second-order valence-corrected chi connectivity index (χ2v) is 5.63. The molecule has 1 saturated carbocycles. The fraction of sp³-hybridized carbons (Fsp3) is 0.294. The lowest BCUT2D eigenvalue weighted by molar-refractivity contribution is 0.0946. The van der Waals surface area contributed by atoms with Gasteiger partial charge in [0, 0.05) is 24.7 Å². The number of aromatic amines is 1. The zero-order valence-electron chi connectivity index (χ0n) is 13.2. The Morgan fingerprint density at radius 3 is 2.71 bits per heavy atom. The zero-order valence-corrected chi connectivity index (χ0v) is 13.2. The van der Waals surface area contributed by atoms with Crippen molar-refractivity contribution in [2.45, 2.75) is 25.5 Å². The van der Waals surface area contributed by atoms with Crippen LogP contribution >= 0.6 is 0 Å². The Morgan fingerprint density at radius 2 is 2.04 bits per heavy atom. The summed E-state index contributed by atoms with van der Waals surface area (Å²) in [5.41, 5.74) is 0.740. The molecule has 1 fully saturated rings. The minimum atomic E-state index is -0.413. The van der Waals surface area contributed by atoms with Crippen molar-refractivity contribution in [3.8, 4) is 5.75 Å². The molecule has 0 radical (unpaired) electrons. The molecule has 0 unspecified atom stereocenters. The van der Waals surface area contributed by atoms with E-state index < -0.39 is 5.91 Å². The molecule has 1 aromatic carbocycles. The van der Waals surface area contributed by atoms with E-state index in [4.69, 9.17) is 4.74 Å². The van der Waals surface area contributed by atoms with Gasteiger partial charge < -0.3 is 20.4 Å². The summed E-state index contributed by atoms with van der Waals surface area (Å²) in [5, 5.41) is 5.31. The summed E-state index contributed by atoms with van der Waals surface area (Å²) in [6.07, 6.45) is 1.93. The molecule has 0 saturated heterocycles. The molecule has 0 atom stereocenters. The molecule has 7 heteroatoms. The highest BCUT2D eigenvalue weighted by atomic mass is 19.1. The van der Waals surface area contributed by atoms with Gasteiger partial charge in [0.1, 0.15) is 23.8 Å².